The molecule has 1 aromatic carbocycles. The summed E-state index contributed by atoms with van der Waals surface area (Å²) >= 11 is 0. The van der Waals surface area contributed by atoms with E-state index in [4.69, 9.17) is 11.1 Å². The molecule has 0 bridgehead atoms. The molecule has 17 heavy (non-hydrogen) atoms. The van der Waals surface area contributed by atoms with E-state index in [1.165, 1.54) is 0 Å². The van der Waals surface area contributed by atoms with Gasteiger partial charge in [-0.2, -0.15) is 4.99 Å². The van der Waals surface area contributed by atoms with Crippen molar-refractivity contribution in [2.75, 3.05) is 0 Å². The fraction of sp³-hybridized carbons (Fsp3) is 0.0833. The van der Waals surface area contributed by atoms with E-state index in [9.17, 15) is 0 Å². The van der Waals surface area contributed by atoms with Crippen LogP contribution in [-0.2, 0) is 0 Å². The number of quaternary nitrogens is 1. The van der Waals surface area contributed by atoms with E-state index in [1.807, 2.05) is 42.5 Å². The highest BCUT2D eigenvalue weighted by Crippen LogP contribution is 2.32. The maximum Gasteiger partial charge on any atom is 0.280 e. The van der Waals surface area contributed by atoms with Crippen molar-refractivity contribution >= 4 is 23.3 Å². The standard InChI is InChI=1S/C12H12N5/c13-10-7-4-8-11-15-12(14)16-17(10,11)9-5-2-1-3-6-9/h1-6,8,13H,7H2,(H2,14,16)/q+1. The quantitative estimate of drug-likeness (QED) is 0.701. The van der Waals surface area contributed by atoms with Gasteiger partial charge in [0.15, 0.2) is 5.69 Å². The first-order valence-electron chi connectivity index (χ1n) is 5.37. The molecule has 2 aliphatic heterocycles. The second-order valence-corrected chi connectivity index (χ2v) is 3.95. The number of rotatable bonds is 1. The molecular weight excluding hydrogens is 214 g/mol. The normalized spacial score (nSPS) is 26.5. The van der Waals surface area contributed by atoms with E-state index in [1.54, 1.807) is 0 Å². The van der Waals surface area contributed by atoms with Crippen LogP contribution in [0.2, 0.25) is 0 Å². The molecule has 0 saturated heterocycles. The molecule has 0 saturated carbocycles. The SMILES string of the molecule is N=C1CC=CC2=NC(N)=N[N+]12c1ccccc1. The van der Waals surface area contributed by atoms with Crippen LogP contribution in [-0.4, -0.2) is 17.6 Å². The molecule has 3 rings (SSSR count). The molecule has 1 atom stereocenters. The minimum atomic E-state index is -0.0107. The van der Waals surface area contributed by atoms with E-state index < -0.39 is 0 Å². The Labute approximate surface area is 98.7 Å². The van der Waals surface area contributed by atoms with Gasteiger partial charge in [0.05, 0.1) is 6.42 Å². The largest absolute Gasteiger partial charge is 0.363 e. The van der Waals surface area contributed by atoms with Crippen molar-refractivity contribution in [1.82, 2.24) is 4.59 Å². The monoisotopic (exact) mass is 226 g/mol. The number of nitrogens with two attached hydrogens (primary N) is 1. The number of benzene rings is 1. The number of aliphatic imine (C=N–C) groups is 1. The Kier molecular flexibility index (Phi) is 1.96. The average Bonchev–Trinajstić information content (AvgIpc) is 2.69. The molecule has 5 heteroatoms. The molecule has 0 aliphatic carbocycles. The van der Waals surface area contributed by atoms with Crippen LogP contribution in [0.25, 0.3) is 0 Å². The van der Waals surface area contributed by atoms with Crippen LogP contribution in [0.15, 0.2) is 52.6 Å². The Morgan fingerprint density at radius 3 is 2.76 bits per heavy atom. The number of nitrogens with one attached hydrogen (secondary N) is 1. The summed E-state index contributed by atoms with van der Waals surface area (Å²) in [6.07, 6.45) is 4.35. The lowest BCUT2D eigenvalue weighted by Crippen LogP contribution is -2.53. The van der Waals surface area contributed by atoms with Crippen molar-refractivity contribution in [2.45, 2.75) is 6.42 Å². The van der Waals surface area contributed by atoms with Gasteiger partial charge in [0, 0.05) is 18.2 Å². The fourth-order valence-electron chi connectivity index (χ4n) is 2.16. The highest BCUT2D eigenvalue weighted by atomic mass is 15.7. The highest BCUT2D eigenvalue weighted by Gasteiger charge is 2.47. The minimum absolute atomic E-state index is 0.0107. The van der Waals surface area contributed by atoms with Crippen molar-refractivity contribution in [1.29, 1.82) is 5.41 Å². The molecule has 3 N–H and O–H groups in total. The summed E-state index contributed by atoms with van der Waals surface area (Å²) in [4.78, 5) is 4.20. The molecule has 5 nitrogen and oxygen atoms in total. The molecule has 0 fully saturated rings. The fourth-order valence-corrected chi connectivity index (χ4v) is 2.16. The average molecular weight is 226 g/mol. The van der Waals surface area contributed by atoms with Gasteiger partial charge in [0.2, 0.25) is 5.84 Å². The summed E-state index contributed by atoms with van der Waals surface area (Å²) in [6, 6.07) is 9.66. The second kappa shape index (κ2) is 3.36. The number of hydrogen-bond acceptors (Lipinski definition) is 4. The summed E-state index contributed by atoms with van der Waals surface area (Å²) in [7, 11) is 0. The van der Waals surface area contributed by atoms with Crippen LogP contribution in [0.1, 0.15) is 6.42 Å². The smallest absolute Gasteiger partial charge is 0.280 e. The Balaban J connectivity index is 2.26. The van der Waals surface area contributed by atoms with Gasteiger partial charge < -0.3 is 5.73 Å². The topological polar surface area (TPSA) is 74.6 Å². The predicted octanol–water partition coefficient (Wildman–Crippen LogP) is 1.57. The van der Waals surface area contributed by atoms with Crippen molar-refractivity contribution < 1.29 is 0 Å². The molecule has 2 heterocycles. The molecule has 1 aromatic rings. The highest BCUT2D eigenvalue weighted by molar-refractivity contribution is 6.23. The number of amidine groups is 2. The molecule has 0 spiro atoms. The molecule has 1 unspecified atom stereocenters. The van der Waals surface area contributed by atoms with Crippen molar-refractivity contribution in [2.24, 2.45) is 15.8 Å². The summed E-state index contributed by atoms with van der Waals surface area (Å²) in [5, 5.41) is 12.5. The summed E-state index contributed by atoms with van der Waals surface area (Å²) < 4.78 is -0.0107. The third-order valence-electron chi connectivity index (χ3n) is 2.91. The van der Waals surface area contributed by atoms with Gasteiger partial charge in [-0.25, -0.2) is 0 Å². The maximum absolute atomic E-state index is 8.17. The van der Waals surface area contributed by atoms with Gasteiger partial charge in [-0.3, -0.25) is 5.41 Å². The third-order valence-corrected chi connectivity index (χ3v) is 2.91. The molecule has 0 amide bonds. The Bertz CT molecular complexity index is 570. The van der Waals surface area contributed by atoms with Gasteiger partial charge in [0.1, 0.15) is 0 Å². The van der Waals surface area contributed by atoms with Crippen LogP contribution in [0.5, 0.6) is 0 Å². The maximum atomic E-state index is 8.17. The summed E-state index contributed by atoms with van der Waals surface area (Å²) in [5.41, 5.74) is 6.59. The van der Waals surface area contributed by atoms with E-state index >= 15 is 0 Å². The number of para-hydroxylation sites is 1. The molecule has 84 valence electrons. The van der Waals surface area contributed by atoms with Gasteiger partial charge in [-0.05, 0) is 5.10 Å². The van der Waals surface area contributed by atoms with Crippen LogP contribution in [0.4, 0.5) is 5.69 Å². The van der Waals surface area contributed by atoms with E-state index in [-0.39, 0.29) is 10.6 Å². The summed E-state index contributed by atoms with van der Waals surface area (Å²) in [5.74, 6) is 1.36. The van der Waals surface area contributed by atoms with Gasteiger partial charge in [-0.15, -0.1) is 0 Å². The lowest BCUT2D eigenvalue weighted by molar-refractivity contribution is 0.625. The zero-order valence-electron chi connectivity index (χ0n) is 9.17. The van der Waals surface area contributed by atoms with E-state index in [0.717, 1.165) is 5.69 Å². The number of guanidine groups is 1. The molecule has 2 aliphatic rings. The van der Waals surface area contributed by atoms with Crippen molar-refractivity contribution in [3.63, 3.8) is 0 Å². The zero-order chi connectivity index (χ0) is 11.9. The molecule has 0 radical (unpaired) electrons. The predicted molar refractivity (Wildman–Crippen MR) is 68.8 cm³/mol. The number of fused-ring (bicyclic) bond motifs is 1. The van der Waals surface area contributed by atoms with Crippen LogP contribution in [0.3, 0.4) is 0 Å². The van der Waals surface area contributed by atoms with E-state index in [0.29, 0.717) is 18.1 Å². The molecule has 0 aromatic heterocycles. The van der Waals surface area contributed by atoms with Gasteiger partial charge in [-0.1, -0.05) is 28.9 Å². The van der Waals surface area contributed by atoms with Gasteiger partial charge >= 0.3 is 0 Å². The lowest BCUT2D eigenvalue weighted by Gasteiger charge is -2.28. The first-order chi connectivity index (χ1) is 8.23. The van der Waals surface area contributed by atoms with Crippen LogP contribution >= 0.6 is 0 Å². The van der Waals surface area contributed by atoms with Gasteiger partial charge in [0.25, 0.3) is 11.8 Å². The first-order valence-corrected chi connectivity index (χ1v) is 5.37. The van der Waals surface area contributed by atoms with E-state index in [2.05, 4.69) is 10.1 Å². The zero-order valence-corrected chi connectivity index (χ0v) is 9.17. The Morgan fingerprint density at radius 1 is 1.24 bits per heavy atom. The Morgan fingerprint density at radius 2 is 2.00 bits per heavy atom. The number of nitrogens with zero attached hydrogens (tertiary/aromatic N) is 3. The second-order valence-electron chi connectivity index (χ2n) is 3.95. The lowest BCUT2D eigenvalue weighted by atomic mass is 10.1. The van der Waals surface area contributed by atoms with Crippen LogP contribution in [0, 0.1) is 5.41 Å². The first kappa shape index (κ1) is 9.92. The molecular formula is C12H12N5+. The number of hydrogen-bond donors (Lipinski definition) is 2. The van der Waals surface area contributed by atoms with Crippen molar-refractivity contribution in [3.05, 3.63) is 42.5 Å². The van der Waals surface area contributed by atoms with Crippen molar-refractivity contribution in [3.8, 4) is 0 Å². The third kappa shape index (κ3) is 1.26. The summed E-state index contributed by atoms with van der Waals surface area (Å²) in [6.45, 7) is 0. The van der Waals surface area contributed by atoms with Crippen LogP contribution < -0.4 is 10.3 Å². The Hall–Kier alpha value is -2.27. The minimum Gasteiger partial charge on any atom is -0.363 e.